The topological polar surface area (TPSA) is 47.2 Å². The van der Waals surface area contributed by atoms with Gasteiger partial charge in [0, 0.05) is 44.2 Å². The summed E-state index contributed by atoms with van der Waals surface area (Å²) in [4.78, 5) is 4.86. The quantitative estimate of drug-likeness (QED) is 0.713. The lowest BCUT2D eigenvalue weighted by Gasteiger charge is -2.35. The van der Waals surface area contributed by atoms with E-state index in [-0.39, 0.29) is 5.82 Å². The van der Waals surface area contributed by atoms with Crippen LogP contribution in [0, 0.1) is 5.82 Å². The van der Waals surface area contributed by atoms with E-state index in [1.165, 1.54) is 36.1 Å². The number of nitrogens with one attached hydrogen (secondary N) is 2. The predicted molar refractivity (Wildman–Crippen MR) is 110 cm³/mol. The maximum atomic E-state index is 13.4. The average molecular weight is 379 g/mol. The number of fused-ring (bicyclic) bond motifs is 2. The van der Waals surface area contributed by atoms with E-state index in [9.17, 15) is 4.39 Å². The van der Waals surface area contributed by atoms with Crippen LogP contribution in [0.15, 0.2) is 42.5 Å². The summed E-state index contributed by atoms with van der Waals surface area (Å²) in [6.45, 7) is 6.15. The number of hydrogen-bond donors (Lipinski definition) is 2. The Morgan fingerprint density at radius 2 is 1.93 bits per heavy atom. The van der Waals surface area contributed by atoms with Crippen molar-refractivity contribution >= 4 is 16.7 Å². The van der Waals surface area contributed by atoms with Crippen molar-refractivity contribution in [1.82, 2.24) is 20.4 Å². The van der Waals surface area contributed by atoms with Gasteiger partial charge < -0.3 is 10.2 Å². The number of aromatic amines is 1. The van der Waals surface area contributed by atoms with Crippen molar-refractivity contribution in [2.75, 3.05) is 37.6 Å². The van der Waals surface area contributed by atoms with E-state index in [0.29, 0.717) is 6.04 Å². The normalized spacial score (nSPS) is 20.0. The maximum absolute atomic E-state index is 13.4. The summed E-state index contributed by atoms with van der Waals surface area (Å²) < 4.78 is 13.4. The first-order valence-corrected chi connectivity index (χ1v) is 10.2. The second-order valence-corrected chi connectivity index (χ2v) is 7.84. The summed E-state index contributed by atoms with van der Waals surface area (Å²) in [6.07, 6.45) is 2.39. The number of halogens is 1. The Hall–Kier alpha value is -2.44. The fraction of sp³-hybridized carbons (Fsp3) is 0.409. The summed E-state index contributed by atoms with van der Waals surface area (Å²) in [5.74, 6) is 0.716. The summed E-state index contributed by atoms with van der Waals surface area (Å²) in [5.41, 5.74) is 3.70. The maximum Gasteiger partial charge on any atom is 0.158 e. The van der Waals surface area contributed by atoms with Crippen LogP contribution in [0.1, 0.15) is 30.0 Å². The highest BCUT2D eigenvalue weighted by Gasteiger charge is 2.23. The number of nitrogens with zero attached hydrogens (tertiary/aromatic N) is 3. The molecule has 2 aliphatic heterocycles. The minimum absolute atomic E-state index is 0.230. The molecule has 1 atom stereocenters. The molecular formula is C22H26FN5. The van der Waals surface area contributed by atoms with E-state index in [1.54, 1.807) is 0 Å². The molecule has 0 bridgehead atoms. The van der Waals surface area contributed by atoms with Crippen molar-refractivity contribution in [1.29, 1.82) is 0 Å². The van der Waals surface area contributed by atoms with E-state index in [1.807, 2.05) is 6.07 Å². The number of anilines is 1. The van der Waals surface area contributed by atoms with Gasteiger partial charge in [-0.1, -0.05) is 24.3 Å². The molecule has 0 aliphatic carbocycles. The Bertz CT molecular complexity index is 960. The molecule has 2 N–H and O–H groups in total. The molecule has 0 saturated carbocycles. The summed E-state index contributed by atoms with van der Waals surface area (Å²) in [6, 6.07) is 14.1. The zero-order chi connectivity index (χ0) is 18.9. The van der Waals surface area contributed by atoms with Gasteiger partial charge in [-0.05, 0) is 48.7 Å². The number of H-pyrrole nitrogens is 1. The Balaban J connectivity index is 1.13. The molecule has 0 spiro atoms. The van der Waals surface area contributed by atoms with Crippen LogP contribution in [-0.4, -0.2) is 47.8 Å². The van der Waals surface area contributed by atoms with Crippen molar-refractivity contribution in [3.05, 3.63) is 59.4 Å². The van der Waals surface area contributed by atoms with Crippen molar-refractivity contribution < 1.29 is 4.39 Å². The molecule has 1 fully saturated rings. The molecule has 1 unspecified atom stereocenters. The first kappa shape index (κ1) is 17.6. The lowest BCUT2D eigenvalue weighted by molar-refractivity contribution is 0.248. The SMILES string of the molecule is Fc1ccc2c(N3CCN(CCCC4NCc5ccccc54)CC3)n[nH]c2c1. The van der Waals surface area contributed by atoms with Gasteiger partial charge in [-0.15, -0.1) is 0 Å². The zero-order valence-electron chi connectivity index (χ0n) is 16.0. The van der Waals surface area contributed by atoms with Crippen LogP contribution in [-0.2, 0) is 6.54 Å². The number of rotatable bonds is 5. The fourth-order valence-corrected chi connectivity index (χ4v) is 4.56. The van der Waals surface area contributed by atoms with Gasteiger partial charge in [0.1, 0.15) is 5.82 Å². The van der Waals surface area contributed by atoms with Crippen molar-refractivity contribution in [2.45, 2.75) is 25.4 Å². The zero-order valence-corrected chi connectivity index (χ0v) is 16.0. The molecule has 0 amide bonds. The molecule has 1 aromatic heterocycles. The van der Waals surface area contributed by atoms with Gasteiger partial charge in [0.25, 0.3) is 0 Å². The van der Waals surface area contributed by atoms with Crippen molar-refractivity contribution in [2.24, 2.45) is 0 Å². The molecular weight excluding hydrogens is 353 g/mol. The average Bonchev–Trinajstić information content (AvgIpc) is 3.33. The van der Waals surface area contributed by atoms with E-state index >= 15 is 0 Å². The summed E-state index contributed by atoms with van der Waals surface area (Å²) in [5, 5.41) is 12.0. The third kappa shape index (κ3) is 3.38. The number of aromatic nitrogens is 2. The van der Waals surface area contributed by atoms with Crippen molar-refractivity contribution in [3.63, 3.8) is 0 Å². The third-order valence-electron chi connectivity index (χ3n) is 6.11. The summed E-state index contributed by atoms with van der Waals surface area (Å²) in [7, 11) is 0. The second kappa shape index (κ2) is 7.53. The molecule has 5 nitrogen and oxygen atoms in total. The molecule has 6 heteroatoms. The molecule has 146 valence electrons. The highest BCUT2D eigenvalue weighted by atomic mass is 19.1. The van der Waals surface area contributed by atoms with Crippen LogP contribution in [0.2, 0.25) is 0 Å². The van der Waals surface area contributed by atoms with Gasteiger partial charge in [-0.3, -0.25) is 10.00 Å². The number of piperazine rings is 1. The molecule has 2 aromatic carbocycles. The van der Waals surface area contributed by atoms with Gasteiger partial charge in [-0.2, -0.15) is 5.10 Å². The third-order valence-corrected chi connectivity index (χ3v) is 6.11. The largest absolute Gasteiger partial charge is 0.352 e. The van der Waals surface area contributed by atoms with Gasteiger partial charge in [0.15, 0.2) is 5.82 Å². The van der Waals surface area contributed by atoms with Gasteiger partial charge in [0.05, 0.1) is 5.52 Å². The molecule has 3 aromatic rings. The van der Waals surface area contributed by atoms with Gasteiger partial charge in [0.2, 0.25) is 0 Å². The molecule has 5 rings (SSSR count). The minimum Gasteiger partial charge on any atom is -0.352 e. The minimum atomic E-state index is -0.230. The molecule has 1 saturated heterocycles. The number of benzene rings is 2. The highest BCUT2D eigenvalue weighted by Crippen LogP contribution is 2.29. The Labute approximate surface area is 164 Å². The first-order valence-electron chi connectivity index (χ1n) is 10.2. The lowest BCUT2D eigenvalue weighted by atomic mass is 10.0. The van der Waals surface area contributed by atoms with Crippen LogP contribution >= 0.6 is 0 Å². The van der Waals surface area contributed by atoms with E-state index in [2.05, 4.69) is 49.6 Å². The Morgan fingerprint density at radius 3 is 2.82 bits per heavy atom. The molecule has 28 heavy (non-hydrogen) atoms. The molecule has 2 aliphatic rings. The smallest absolute Gasteiger partial charge is 0.158 e. The fourth-order valence-electron chi connectivity index (χ4n) is 4.56. The predicted octanol–water partition coefficient (Wildman–Crippen LogP) is 3.45. The van der Waals surface area contributed by atoms with E-state index in [4.69, 9.17) is 0 Å². The first-order chi connectivity index (χ1) is 13.8. The molecule has 0 radical (unpaired) electrons. The van der Waals surface area contributed by atoms with Crippen molar-refractivity contribution in [3.8, 4) is 0 Å². The van der Waals surface area contributed by atoms with Gasteiger partial charge >= 0.3 is 0 Å². The van der Waals surface area contributed by atoms with Crippen LogP contribution < -0.4 is 10.2 Å². The van der Waals surface area contributed by atoms with E-state index < -0.39 is 0 Å². The lowest BCUT2D eigenvalue weighted by Crippen LogP contribution is -2.46. The second-order valence-electron chi connectivity index (χ2n) is 7.84. The number of hydrogen-bond acceptors (Lipinski definition) is 4. The van der Waals surface area contributed by atoms with Crippen LogP contribution in [0.25, 0.3) is 10.9 Å². The standard InChI is InChI=1S/C22H26FN5/c23-17-7-8-19-21(14-17)25-26-22(19)28-12-10-27(11-13-28)9-3-6-20-18-5-2-1-4-16(18)15-24-20/h1-2,4-5,7-8,14,20,24H,3,6,9-13,15H2,(H,25,26). The molecule has 3 heterocycles. The Morgan fingerprint density at radius 1 is 1.07 bits per heavy atom. The highest BCUT2D eigenvalue weighted by molar-refractivity contribution is 5.90. The van der Waals surface area contributed by atoms with E-state index in [0.717, 1.165) is 56.0 Å². The summed E-state index contributed by atoms with van der Waals surface area (Å²) >= 11 is 0. The van der Waals surface area contributed by atoms with Crippen LogP contribution in [0.3, 0.4) is 0 Å². The van der Waals surface area contributed by atoms with Gasteiger partial charge in [-0.25, -0.2) is 4.39 Å². The Kier molecular flexibility index (Phi) is 4.74. The van der Waals surface area contributed by atoms with Crippen LogP contribution in [0.4, 0.5) is 10.2 Å². The monoisotopic (exact) mass is 379 g/mol. The van der Waals surface area contributed by atoms with Crippen LogP contribution in [0.5, 0.6) is 0 Å².